The standard InChI is InChI=1S/C23H30N2O6/c1-5-23(6-2,22(28)30-4)24-20(26)16-14-15-10-11-17(29-3)19-18(15)25(21(16)27)12-8-7-9-13-31-19/h10-11,14H,5-9,12-13H2,1-4H3,(H,24,26). The number of aromatic nitrogens is 1. The topological polar surface area (TPSA) is 95.9 Å². The van der Waals surface area contributed by atoms with Gasteiger partial charge in [-0.2, -0.15) is 0 Å². The maximum absolute atomic E-state index is 13.4. The third-order valence-electron chi connectivity index (χ3n) is 6.04. The predicted molar refractivity (Wildman–Crippen MR) is 117 cm³/mol. The second-order valence-electron chi connectivity index (χ2n) is 7.69. The van der Waals surface area contributed by atoms with Gasteiger partial charge in [-0.05, 0) is 50.3 Å². The number of methoxy groups -OCH3 is 2. The van der Waals surface area contributed by atoms with Crippen LogP contribution in [0.1, 0.15) is 56.3 Å². The van der Waals surface area contributed by atoms with Crippen molar-refractivity contribution in [2.45, 2.75) is 58.0 Å². The van der Waals surface area contributed by atoms with E-state index in [-0.39, 0.29) is 5.56 Å². The number of amides is 1. The van der Waals surface area contributed by atoms with Crippen molar-refractivity contribution in [1.82, 2.24) is 9.88 Å². The lowest BCUT2D eigenvalue weighted by Gasteiger charge is -2.29. The van der Waals surface area contributed by atoms with E-state index in [1.807, 2.05) is 0 Å². The number of nitrogens with zero attached hydrogens (tertiary/aromatic N) is 1. The number of pyridine rings is 1. The summed E-state index contributed by atoms with van der Waals surface area (Å²) in [5, 5.41) is 3.46. The normalized spacial score (nSPS) is 14.1. The minimum absolute atomic E-state index is 0.0157. The third-order valence-corrected chi connectivity index (χ3v) is 6.04. The molecule has 1 aromatic carbocycles. The molecule has 1 aliphatic heterocycles. The Labute approximate surface area is 181 Å². The highest BCUT2D eigenvalue weighted by Gasteiger charge is 2.38. The Morgan fingerprint density at radius 1 is 1.16 bits per heavy atom. The molecule has 8 nitrogen and oxygen atoms in total. The van der Waals surface area contributed by atoms with Crippen LogP contribution in [-0.4, -0.2) is 42.8 Å². The molecule has 0 radical (unpaired) electrons. The van der Waals surface area contributed by atoms with Gasteiger partial charge >= 0.3 is 5.97 Å². The van der Waals surface area contributed by atoms with Crippen LogP contribution in [0.2, 0.25) is 0 Å². The van der Waals surface area contributed by atoms with Crippen LogP contribution in [0, 0.1) is 0 Å². The fraction of sp³-hybridized carbons (Fsp3) is 0.522. The van der Waals surface area contributed by atoms with Crippen LogP contribution in [0.3, 0.4) is 0 Å². The number of nitrogens with one attached hydrogen (secondary N) is 1. The second kappa shape index (κ2) is 9.41. The van der Waals surface area contributed by atoms with Crippen LogP contribution in [0.15, 0.2) is 23.0 Å². The third kappa shape index (κ3) is 4.11. The van der Waals surface area contributed by atoms with E-state index in [2.05, 4.69) is 5.32 Å². The van der Waals surface area contributed by atoms with E-state index in [0.29, 0.717) is 48.4 Å². The molecule has 1 aliphatic rings. The van der Waals surface area contributed by atoms with Crippen LogP contribution in [0.25, 0.3) is 10.9 Å². The van der Waals surface area contributed by atoms with Gasteiger partial charge in [0.25, 0.3) is 11.5 Å². The molecule has 2 aromatic rings. The molecule has 168 valence electrons. The highest BCUT2D eigenvalue weighted by atomic mass is 16.5. The molecule has 2 heterocycles. The van der Waals surface area contributed by atoms with Crippen molar-refractivity contribution in [3.05, 3.63) is 34.1 Å². The summed E-state index contributed by atoms with van der Waals surface area (Å²) in [4.78, 5) is 39.0. The molecule has 3 rings (SSSR count). The summed E-state index contributed by atoms with van der Waals surface area (Å²) in [5.41, 5.74) is -1.00. The van der Waals surface area contributed by atoms with E-state index in [1.54, 1.807) is 43.7 Å². The van der Waals surface area contributed by atoms with Gasteiger partial charge in [-0.1, -0.05) is 13.8 Å². The Morgan fingerprint density at radius 3 is 2.55 bits per heavy atom. The molecule has 0 spiro atoms. The quantitative estimate of drug-likeness (QED) is 0.708. The Bertz CT molecular complexity index is 1040. The van der Waals surface area contributed by atoms with Crippen LogP contribution in [-0.2, 0) is 16.1 Å². The van der Waals surface area contributed by atoms with Crippen molar-refractivity contribution < 1.29 is 23.8 Å². The first kappa shape index (κ1) is 22.7. The summed E-state index contributed by atoms with van der Waals surface area (Å²) in [5.74, 6) is -0.0698. The maximum Gasteiger partial charge on any atom is 0.331 e. The van der Waals surface area contributed by atoms with E-state index in [9.17, 15) is 14.4 Å². The van der Waals surface area contributed by atoms with Gasteiger partial charge in [-0.25, -0.2) is 4.79 Å². The number of hydrogen-bond donors (Lipinski definition) is 1. The highest BCUT2D eigenvalue weighted by molar-refractivity contribution is 6.01. The molecule has 31 heavy (non-hydrogen) atoms. The molecule has 0 saturated heterocycles. The summed E-state index contributed by atoms with van der Waals surface area (Å²) >= 11 is 0. The van der Waals surface area contributed by atoms with E-state index in [4.69, 9.17) is 14.2 Å². The monoisotopic (exact) mass is 430 g/mol. The molecular weight excluding hydrogens is 400 g/mol. The van der Waals surface area contributed by atoms with E-state index in [1.165, 1.54) is 7.11 Å². The molecule has 0 unspecified atom stereocenters. The van der Waals surface area contributed by atoms with Gasteiger partial charge in [0.2, 0.25) is 0 Å². The SMILES string of the molecule is CCC(CC)(NC(=O)c1cc2ccc(OC)c3c2n(c1=O)CCCCCO3)C(=O)OC. The van der Waals surface area contributed by atoms with E-state index < -0.39 is 23.0 Å². The van der Waals surface area contributed by atoms with Crippen LogP contribution >= 0.6 is 0 Å². The largest absolute Gasteiger partial charge is 0.493 e. The average molecular weight is 431 g/mol. The fourth-order valence-electron chi connectivity index (χ4n) is 4.07. The van der Waals surface area contributed by atoms with Crippen molar-refractivity contribution in [2.75, 3.05) is 20.8 Å². The minimum Gasteiger partial charge on any atom is -0.493 e. The molecule has 1 aromatic heterocycles. The maximum atomic E-state index is 13.4. The second-order valence-corrected chi connectivity index (χ2v) is 7.69. The lowest BCUT2D eigenvalue weighted by molar-refractivity contribution is -0.148. The Balaban J connectivity index is 2.17. The number of benzene rings is 1. The van der Waals surface area contributed by atoms with E-state index >= 15 is 0 Å². The van der Waals surface area contributed by atoms with Crippen molar-refractivity contribution >= 4 is 22.8 Å². The number of carbonyl (C=O) groups excluding carboxylic acids is 2. The summed E-state index contributed by atoms with van der Waals surface area (Å²) in [6.45, 7) is 4.58. The average Bonchev–Trinajstić information content (AvgIpc) is 2.90. The van der Waals surface area contributed by atoms with Gasteiger partial charge in [0.1, 0.15) is 11.1 Å². The smallest absolute Gasteiger partial charge is 0.331 e. The van der Waals surface area contributed by atoms with Gasteiger partial charge in [-0.15, -0.1) is 0 Å². The molecule has 0 bridgehead atoms. The van der Waals surface area contributed by atoms with Gasteiger partial charge in [0, 0.05) is 11.9 Å². The molecule has 8 heteroatoms. The highest BCUT2D eigenvalue weighted by Crippen LogP contribution is 2.36. The zero-order valence-electron chi connectivity index (χ0n) is 18.6. The van der Waals surface area contributed by atoms with Gasteiger partial charge in [-0.3, -0.25) is 9.59 Å². The molecule has 0 saturated carbocycles. The number of aryl methyl sites for hydroxylation is 1. The van der Waals surface area contributed by atoms with E-state index in [0.717, 1.165) is 19.3 Å². The van der Waals surface area contributed by atoms with Gasteiger partial charge in [0.15, 0.2) is 11.5 Å². The molecule has 1 N–H and O–H groups in total. The van der Waals surface area contributed by atoms with Crippen LogP contribution in [0.5, 0.6) is 11.5 Å². The number of esters is 1. The van der Waals surface area contributed by atoms with Gasteiger partial charge < -0.3 is 24.1 Å². The molecular formula is C23H30N2O6. The fourth-order valence-corrected chi connectivity index (χ4v) is 4.07. The molecule has 0 aliphatic carbocycles. The lowest BCUT2D eigenvalue weighted by Crippen LogP contribution is -2.55. The Morgan fingerprint density at radius 2 is 1.90 bits per heavy atom. The van der Waals surface area contributed by atoms with Crippen LogP contribution in [0.4, 0.5) is 0 Å². The van der Waals surface area contributed by atoms with Crippen LogP contribution < -0.4 is 20.3 Å². The first-order valence-electron chi connectivity index (χ1n) is 10.7. The summed E-state index contributed by atoms with van der Waals surface area (Å²) in [6, 6.07) is 5.13. The van der Waals surface area contributed by atoms with Gasteiger partial charge in [0.05, 0.1) is 26.3 Å². The van der Waals surface area contributed by atoms with Crippen molar-refractivity contribution in [1.29, 1.82) is 0 Å². The van der Waals surface area contributed by atoms with Crippen molar-refractivity contribution in [2.24, 2.45) is 0 Å². The summed E-state index contributed by atoms with van der Waals surface area (Å²) in [7, 11) is 2.84. The molecule has 0 atom stereocenters. The first-order chi connectivity index (χ1) is 14.9. The zero-order chi connectivity index (χ0) is 22.6. The number of carbonyl (C=O) groups is 2. The van der Waals surface area contributed by atoms with Crippen molar-refractivity contribution in [3.63, 3.8) is 0 Å². The van der Waals surface area contributed by atoms with Crippen molar-refractivity contribution in [3.8, 4) is 11.5 Å². The lowest BCUT2D eigenvalue weighted by atomic mass is 9.92. The first-order valence-corrected chi connectivity index (χ1v) is 10.7. The minimum atomic E-state index is -1.19. The molecule has 1 amide bonds. The summed E-state index contributed by atoms with van der Waals surface area (Å²) < 4.78 is 17.9. The number of hydrogen-bond acceptors (Lipinski definition) is 6. The molecule has 0 fully saturated rings. The number of rotatable bonds is 6. The predicted octanol–water partition coefficient (Wildman–Crippen LogP) is 3.03. The number of ether oxygens (including phenoxy) is 3. The Kier molecular flexibility index (Phi) is 6.87. The summed E-state index contributed by atoms with van der Waals surface area (Å²) in [6.07, 6.45) is 3.25. The Hall–Kier alpha value is -3.03. The zero-order valence-corrected chi connectivity index (χ0v) is 18.6.